The molecule has 0 aliphatic heterocycles. The summed E-state index contributed by atoms with van der Waals surface area (Å²) in [7, 11) is 0. The van der Waals surface area contributed by atoms with Crippen molar-refractivity contribution in [2.75, 3.05) is 0 Å². The lowest BCUT2D eigenvalue weighted by Gasteiger charge is -2.17. The Bertz CT molecular complexity index is 1070. The van der Waals surface area contributed by atoms with Crippen molar-refractivity contribution < 1.29 is 4.39 Å². The van der Waals surface area contributed by atoms with E-state index in [2.05, 4.69) is 15.0 Å². The van der Waals surface area contributed by atoms with Gasteiger partial charge in [0.15, 0.2) is 16.6 Å². The highest BCUT2D eigenvalue weighted by Crippen LogP contribution is 2.25. The largest absolute Gasteiger partial charge is 0.334 e. The Morgan fingerprint density at radius 1 is 1.32 bits per heavy atom. The van der Waals surface area contributed by atoms with Gasteiger partial charge in [-0.15, -0.1) is 0 Å². The van der Waals surface area contributed by atoms with Crippen LogP contribution >= 0.6 is 11.6 Å². The average molecular weight is 365 g/mol. The third kappa shape index (κ3) is 3.07. The lowest BCUT2D eigenvalue weighted by Crippen LogP contribution is -2.31. The molecule has 3 aromatic rings. The third-order valence-corrected chi connectivity index (χ3v) is 3.98. The number of fused-ring (bicyclic) bond motifs is 1. The van der Waals surface area contributed by atoms with Crippen molar-refractivity contribution in [3.8, 4) is 5.69 Å². The number of rotatable bonds is 2. The van der Waals surface area contributed by atoms with Gasteiger partial charge in [-0.1, -0.05) is 32.9 Å². The summed E-state index contributed by atoms with van der Waals surface area (Å²) in [5, 5.41) is -0.469. The van der Waals surface area contributed by atoms with Gasteiger partial charge in [0, 0.05) is 6.20 Å². The lowest BCUT2D eigenvalue weighted by atomic mass is 10.0. The molecule has 0 amide bonds. The van der Waals surface area contributed by atoms with Gasteiger partial charge < -0.3 is 0 Å². The van der Waals surface area contributed by atoms with Crippen molar-refractivity contribution in [2.45, 2.75) is 34.1 Å². The second-order valence-electron chi connectivity index (χ2n) is 5.74. The van der Waals surface area contributed by atoms with Crippen molar-refractivity contribution >= 4 is 22.6 Å². The van der Waals surface area contributed by atoms with Gasteiger partial charge in [0.2, 0.25) is 0 Å². The van der Waals surface area contributed by atoms with Crippen molar-refractivity contribution in [3.63, 3.8) is 0 Å². The summed E-state index contributed by atoms with van der Waals surface area (Å²) >= 11 is 5.76. The van der Waals surface area contributed by atoms with Crippen LogP contribution in [-0.4, -0.2) is 19.5 Å². The third-order valence-electron chi connectivity index (χ3n) is 3.72. The van der Waals surface area contributed by atoms with E-state index in [0.717, 1.165) is 11.6 Å². The molecule has 3 heterocycles. The molecular formula is C17H18ClFN4O2. The molecule has 0 aromatic carbocycles. The predicted molar refractivity (Wildman–Crippen MR) is 96.3 cm³/mol. The van der Waals surface area contributed by atoms with Crippen LogP contribution in [-0.2, 0) is 0 Å². The molecule has 0 saturated carbocycles. The van der Waals surface area contributed by atoms with Crippen molar-refractivity contribution in [1.29, 1.82) is 0 Å². The maximum Gasteiger partial charge on any atom is 0.334 e. The van der Waals surface area contributed by atoms with Gasteiger partial charge in [-0.2, -0.15) is 0 Å². The normalized spacial score (nSPS) is 11.0. The van der Waals surface area contributed by atoms with E-state index in [-0.39, 0.29) is 24.4 Å². The van der Waals surface area contributed by atoms with E-state index in [9.17, 15) is 14.0 Å². The minimum absolute atomic E-state index is 0. The van der Waals surface area contributed by atoms with Crippen LogP contribution in [0.2, 0.25) is 5.15 Å². The summed E-state index contributed by atoms with van der Waals surface area (Å²) in [4.78, 5) is 35.0. The fraction of sp³-hybridized carbons (Fsp3) is 0.294. The van der Waals surface area contributed by atoms with Gasteiger partial charge in [-0.3, -0.25) is 14.8 Å². The summed E-state index contributed by atoms with van der Waals surface area (Å²) in [5.41, 5.74) is 0.531. The van der Waals surface area contributed by atoms with E-state index in [4.69, 9.17) is 11.6 Å². The number of hydrogen-bond acceptors (Lipinski definition) is 4. The van der Waals surface area contributed by atoms with Crippen LogP contribution in [0.25, 0.3) is 16.7 Å². The van der Waals surface area contributed by atoms with Crippen LogP contribution in [0.15, 0.2) is 27.9 Å². The molecule has 0 atom stereocenters. The Balaban J connectivity index is 0.00000225. The molecule has 25 heavy (non-hydrogen) atoms. The van der Waals surface area contributed by atoms with Gasteiger partial charge in [0.05, 0.1) is 16.8 Å². The van der Waals surface area contributed by atoms with E-state index in [1.807, 2.05) is 20.8 Å². The van der Waals surface area contributed by atoms with Crippen LogP contribution in [0, 0.1) is 12.7 Å². The fourth-order valence-electron chi connectivity index (χ4n) is 2.60. The summed E-state index contributed by atoms with van der Waals surface area (Å²) in [5.74, 6) is -0.809. The van der Waals surface area contributed by atoms with Crippen LogP contribution in [0.1, 0.15) is 38.4 Å². The maximum atomic E-state index is 13.7. The molecular weight excluding hydrogens is 347 g/mol. The Labute approximate surface area is 148 Å². The van der Waals surface area contributed by atoms with E-state index < -0.39 is 22.2 Å². The molecule has 8 heteroatoms. The molecule has 0 aliphatic carbocycles. The number of nitrogens with zero attached hydrogens (tertiary/aromatic N) is 3. The second-order valence-corrected chi connectivity index (χ2v) is 6.10. The number of hydrogen-bond donors (Lipinski definition) is 1. The Morgan fingerprint density at radius 2 is 2.00 bits per heavy atom. The summed E-state index contributed by atoms with van der Waals surface area (Å²) in [6, 6.07) is 2.72. The predicted octanol–water partition coefficient (Wildman–Crippen LogP) is 3.33. The minimum Gasteiger partial charge on any atom is -0.273 e. The zero-order chi connectivity index (χ0) is 17.6. The van der Waals surface area contributed by atoms with E-state index >= 15 is 0 Å². The molecule has 132 valence electrons. The zero-order valence-corrected chi connectivity index (χ0v) is 14.0. The topological polar surface area (TPSA) is 80.6 Å². The fourth-order valence-corrected chi connectivity index (χ4v) is 2.74. The maximum absolute atomic E-state index is 13.7. The number of H-pyrrole nitrogens is 1. The highest BCUT2D eigenvalue weighted by atomic mass is 35.5. The zero-order valence-electron chi connectivity index (χ0n) is 13.2. The van der Waals surface area contributed by atoms with Gasteiger partial charge >= 0.3 is 5.69 Å². The van der Waals surface area contributed by atoms with E-state index in [1.165, 1.54) is 4.57 Å². The van der Waals surface area contributed by atoms with Gasteiger partial charge in [-0.05, 0) is 30.5 Å². The van der Waals surface area contributed by atoms with Crippen LogP contribution in [0.3, 0.4) is 0 Å². The standard InChI is InChI=1S/C16H14ClFN4O2.CH4/c1-7(2)11-12(8(3)4-5-19-11)22-14-9(15(23)21-16(22)24)6-10(18)13(17)20-14;/h4-7H,1-3H3,(H,21,23,24);1H4. The number of halogens is 2. The molecule has 0 unspecified atom stereocenters. The molecule has 3 aromatic heterocycles. The summed E-state index contributed by atoms with van der Waals surface area (Å²) in [6.45, 7) is 5.69. The first-order valence-corrected chi connectivity index (χ1v) is 7.66. The molecule has 3 rings (SSSR count). The first kappa shape index (κ1) is 18.8. The Morgan fingerprint density at radius 3 is 2.64 bits per heavy atom. The summed E-state index contributed by atoms with van der Waals surface area (Å²) < 4.78 is 14.9. The van der Waals surface area contributed by atoms with E-state index in [1.54, 1.807) is 12.3 Å². The number of nitrogens with one attached hydrogen (secondary N) is 1. The van der Waals surface area contributed by atoms with Crippen molar-refractivity contribution in [2.24, 2.45) is 0 Å². The lowest BCUT2D eigenvalue weighted by molar-refractivity contribution is 0.623. The van der Waals surface area contributed by atoms with Crippen molar-refractivity contribution in [1.82, 2.24) is 19.5 Å². The molecule has 0 radical (unpaired) electrons. The number of aromatic amines is 1. The number of aromatic nitrogens is 4. The first-order valence-electron chi connectivity index (χ1n) is 7.28. The van der Waals surface area contributed by atoms with Crippen LogP contribution in [0.5, 0.6) is 0 Å². The molecule has 0 fully saturated rings. The molecule has 6 nitrogen and oxygen atoms in total. The average Bonchev–Trinajstić information content (AvgIpc) is 2.50. The van der Waals surface area contributed by atoms with Gasteiger partial charge in [-0.25, -0.2) is 18.7 Å². The Hall–Kier alpha value is -2.54. The smallest absolute Gasteiger partial charge is 0.273 e. The first-order chi connectivity index (χ1) is 11.3. The molecule has 0 bridgehead atoms. The van der Waals surface area contributed by atoms with Gasteiger partial charge in [0.1, 0.15) is 0 Å². The van der Waals surface area contributed by atoms with Crippen LogP contribution in [0.4, 0.5) is 4.39 Å². The van der Waals surface area contributed by atoms with Crippen molar-refractivity contribution in [3.05, 3.63) is 61.4 Å². The number of pyridine rings is 2. The van der Waals surface area contributed by atoms with Gasteiger partial charge in [0.25, 0.3) is 5.56 Å². The van der Waals surface area contributed by atoms with Crippen LogP contribution < -0.4 is 11.2 Å². The molecule has 0 spiro atoms. The Kier molecular flexibility index (Phi) is 5.08. The minimum atomic E-state index is -0.827. The monoisotopic (exact) mass is 364 g/mol. The molecule has 0 saturated heterocycles. The quantitative estimate of drug-likeness (QED) is 0.707. The second kappa shape index (κ2) is 6.76. The highest BCUT2D eigenvalue weighted by molar-refractivity contribution is 6.29. The van der Waals surface area contributed by atoms with E-state index in [0.29, 0.717) is 11.4 Å². The number of aryl methyl sites for hydroxylation is 1. The summed E-state index contributed by atoms with van der Waals surface area (Å²) in [6.07, 6.45) is 1.65. The molecule has 1 N–H and O–H groups in total. The SMILES string of the molecule is C.Cc1ccnc(C(C)C)c1-n1c(=O)[nH]c(=O)c2cc(F)c(Cl)nc21. The highest BCUT2D eigenvalue weighted by Gasteiger charge is 2.19. The molecule has 0 aliphatic rings.